The first-order valence-electron chi connectivity index (χ1n) is 6.73. The van der Waals surface area contributed by atoms with Crippen LogP contribution in [0.3, 0.4) is 0 Å². The van der Waals surface area contributed by atoms with E-state index >= 15 is 0 Å². The van der Waals surface area contributed by atoms with Crippen molar-refractivity contribution in [3.05, 3.63) is 0 Å². The third-order valence-electron chi connectivity index (χ3n) is 4.58. The van der Waals surface area contributed by atoms with Crippen LogP contribution in [0.2, 0.25) is 0 Å². The molecule has 1 rings (SSSR count). The van der Waals surface area contributed by atoms with Crippen LogP contribution in [0.15, 0.2) is 0 Å². The van der Waals surface area contributed by atoms with E-state index < -0.39 is 11.5 Å². The number of nitrogens with zero attached hydrogens (tertiary/aromatic N) is 1. The molecule has 3 nitrogen and oxygen atoms in total. The van der Waals surface area contributed by atoms with E-state index in [1.165, 1.54) is 12.8 Å². The summed E-state index contributed by atoms with van der Waals surface area (Å²) in [6.07, 6.45) is 4.81. The molecular weight excluding hydrogens is 214 g/mol. The summed E-state index contributed by atoms with van der Waals surface area (Å²) in [6.45, 7) is 8.15. The van der Waals surface area contributed by atoms with Crippen LogP contribution >= 0.6 is 0 Å². The maximum atomic E-state index is 11.3. The van der Waals surface area contributed by atoms with E-state index in [2.05, 4.69) is 18.7 Å². The summed E-state index contributed by atoms with van der Waals surface area (Å²) in [6, 6.07) is 0.419. The fourth-order valence-corrected chi connectivity index (χ4v) is 2.77. The molecule has 1 aliphatic rings. The molecule has 0 aliphatic heterocycles. The van der Waals surface area contributed by atoms with E-state index in [1.54, 1.807) is 13.8 Å². The Labute approximate surface area is 105 Å². The highest BCUT2D eigenvalue weighted by Crippen LogP contribution is 2.34. The van der Waals surface area contributed by atoms with Crippen LogP contribution in [0.1, 0.15) is 53.4 Å². The van der Waals surface area contributed by atoms with Gasteiger partial charge in [0.25, 0.3) is 0 Å². The van der Waals surface area contributed by atoms with Gasteiger partial charge in [-0.2, -0.15) is 0 Å². The van der Waals surface area contributed by atoms with Crippen LogP contribution in [0.4, 0.5) is 0 Å². The maximum absolute atomic E-state index is 11.3. The van der Waals surface area contributed by atoms with Gasteiger partial charge in [-0.15, -0.1) is 0 Å². The predicted molar refractivity (Wildman–Crippen MR) is 70.1 cm³/mol. The Balaban J connectivity index is 2.69. The Morgan fingerprint density at radius 2 is 1.94 bits per heavy atom. The number of hydrogen-bond donors (Lipinski definition) is 1. The van der Waals surface area contributed by atoms with Crippen LogP contribution < -0.4 is 0 Å². The molecule has 100 valence electrons. The maximum Gasteiger partial charge on any atom is 0.323 e. The zero-order valence-corrected chi connectivity index (χ0v) is 11.9. The van der Waals surface area contributed by atoms with Crippen molar-refractivity contribution in [1.29, 1.82) is 0 Å². The minimum Gasteiger partial charge on any atom is -0.480 e. The molecule has 0 heterocycles. The van der Waals surface area contributed by atoms with E-state index in [4.69, 9.17) is 0 Å². The van der Waals surface area contributed by atoms with Crippen molar-refractivity contribution < 1.29 is 9.90 Å². The van der Waals surface area contributed by atoms with E-state index in [0.717, 1.165) is 18.8 Å². The first-order valence-corrected chi connectivity index (χ1v) is 6.73. The SMILES string of the molecule is CC(C)C1CCCC(N(C)C(C)(C)C(=O)O)C1. The molecule has 3 heteroatoms. The minimum absolute atomic E-state index is 0.419. The summed E-state index contributed by atoms with van der Waals surface area (Å²) in [4.78, 5) is 13.3. The number of rotatable bonds is 4. The molecule has 1 saturated carbocycles. The lowest BCUT2D eigenvalue weighted by atomic mass is 9.78. The molecule has 0 aromatic rings. The standard InChI is InChI=1S/C14H27NO2/c1-10(2)11-7-6-8-12(9-11)15(5)14(3,4)13(16)17/h10-12H,6-9H2,1-5H3,(H,16,17). The highest BCUT2D eigenvalue weighted by molar-refractivity contribution is 5.77. The van der Waals surface area contributed by atoms with Gasteiger partial charge in [0.05, 0.1) is 0 Å². The Bertz CT molecular complexity index is 273. The average molecular weight is 241 g/mol. The summed E-state index contributed by atoms with van der Waals surface area (Å²) in [5, 5.41) is 9.28. The molecule has 0 bridgehead atoms. The minimum atomic E-state index is -0.760. The van der Waals surface area contributed by atoms with E-state index in [-0.39, 0.29) is 0 Å². The largest absolute Gasteiger partial charge is 0.480 e. The zero-order valence-electron chi connectivity index (χ0n) is 11.9. The summed E-state index contributed by atoms with van der Waals surface area (Å²) in [5.41, 5.74) is -0.760. The van der Waals surface area contributed by atoms with Gasteiger partial charge in [-0.25, -0.2) is 0 Å². The quantitative estimate of drug-likeness (QED) is 0.822. The monoisotopic (exact) mass is 241 g/mol. The van der Waals surface area contributed by atoms with E-state index in [1.807, 2.05) is 7.05 Å². The Morgan fingerprint density at radius 3 is 2.41 bits per heavy atom. The van der Waals surface area contributed by atoms with Gasteiger partial charge in [-0.3, -0.25) is 9.69 Å². The summed E-state index contributed by atoms with van der Waals surface area (Å²) in [5.74, 6) is 0.728. The van der Waals surface area contributed by atoms with Gasteiger partial charge >= 0.3 is 5.97 Å². The number of aliphatic carboxylic acids is 1. The molecular formula is C14H27NO2. The number of carbonyl (C=O) groups is 1. The normalized spacial score (nSPS) is 26.5. The molecule has 1 aliphatic carbocycles. The fraction of sp³-hybridized carbons (Fsp3) is 0.929. The third kappa shape index (κ3) is 3.21. The Kier molecular flexibility index (Phi) is 4.59. The Hall–Kier alpha value is -0.570. The lowest BCUT2D eigenvalue weighted by molar-refractivity contribution is -0.150. The van der Waals surface area contributed by atoms with Crippen molar-refractivity contribution in [2.45, 2.75) is 65.0 Å². The second-order valence-electron chi connectivity index (χ2n) is 6.30. The van der Waals surface area contributed by atoms with Crippen LogP contribution in [-0.4, -0.2) is 34.6 Å². The van der Waals surface area contributed by atoms with Crippen molar-refractivity contribution in [1.82, 2.24) is 4.90 Å². The highest BCUT2D eigenvalue weighted by Gasteiger charge is 2.38. The number of likely N-dealkylation sites (N-methyl/N-ethyl adjacent to an activating group) is 1. The average Bonchev–Trinajstić information content (AvgIpc) is 2.27. The number of carboxylic acid groups (broad SMARTS) is 1. The molecule has 2 atom stereocenters. The molecule has 17 heavy (non-hydrogen) atoms. The van der Waals surface area contributed by atoms with Crippen molar-refractivity contribution in [3.8, 4) is 0 Å². The topological polar surface area (TPSA) is 40.5 Å². The van der Waals surface area contributed by atoms with Crippen molar-refractivity contribution >= 4 is 5.97 Å². The number of hydrogen-bond acceptors (Lipinski definition) is 2. The van der Waals surface area contributed by atoms with Gasteiger partial charge in [0.1, 0.15) is 5.54 Å². The van der Waals surface area contributed by atoms with Crippen LogP contribution in [0.5, 0.6) is 0 Å². The Morgan fingerprint density at radius 1 is 1.35 bits per heavy atom. The second-order valence-corrected chi connectivity index (χ2v) is 6.30. The van der Waals surface area contributed by atoms with E-state index in [9.17, 15) is 9.90 Å². The van der Waals surface area contributed by atoms with Gasteiger partial charge in [-0.05, 0) is 45.6 Å². The molecule has 0 radical (unpaired) electrons. The van der Waals surface area contributed by atoms with Crippen molar-refractivity contribution in [3.63, 3.8) is 0 Å². The van der Waals surface area contributed by atoms with Crippen molar-refractivity contribution in [2.75, 3.05) is 7.05 Å². The molecule has 1 N–H and O–H groups in total. The molecule has 0 saturated heterocycles. The van der Waals surface area contributed by atoms with E-state index in [0.29, 0.717) is 12.0 Å². The van der Waals surface area contributed by atoms with Crippen molar-refractivity contribution in [2.24, 2.45) is 11.8 Å². The molecule has 0 amide bonds. The molecule has 0 aromatic carbocycles. The van der Waals surface area contributed by atoms with Gasteiger partial charge in [0.15, 0.2) is 0 Å². The smallest absolute Gasteiger partial charge is 0.323 e. The molecule has 0 spiro atoms. The van der Waals surface area contributed by atoms with Gasteiger partial charge < -0.3 is 5.11 Å². The lowest BCUT2D eigenvalue weighted by Gasteiger charge is -2.42. The molecule has 2 unspecified atom stereocenters. The highest BCUT2D eigenvalue weighted by atomic mass is 16.4. The second kappa shape index (κ2) is 5.38. The first kappa shape index (κ1) is 14.5. The summed E-state index contributed by atoms with van der Waals surface area (Å²) >= 11 is 0. The van der Waals surface area contributed by atoms with Gasteiger partial charge in [-0.1, -0.05) is 26.7 Å². The summed E-state index contributed by atoms with van der Waals surface area (Å²) < 4.78 is 0. The first-order chi connectivity index (χ1) is 7.76. The van der Waals surface area contributed by atoms with Crippen LogP contribution in [-0.2, 0) is 4.79 Å². The molecule has 1 fully saturated rings. The third-order valence-corrected chi connectivity index (χ3v) is 4.58. The van der Waals surface area contributed by atoms with Gasteiger partial charge in [0.2, 0.25) is 0 Å². The summed E-state index contributed by atoms with van der Waals surface area (Å²) in [7, 11) is 1.96. The van der Waals surface area contributed by atoms with Crippen LogP contribution in [0.25, 0.3) is 0 Å². The fourth-order valence-electron chi connectivity index (χ4n) is 2.77. The predicted octanol–water partition coefficient (Wildman–Crippen LogP) is 3.00. The number of carboxylic acids is 1. The zero-order chi connectivity index (χ0) is 13.2. The van der Waals surface area contributed by atoms with Gasteiger partial charge in [0, 0.05) is 6.04 Å². The molecule has 0 aromatic heterocycles. The lowest BCUT2D eigenvalue weighted by Crippen LogP contribution is -2.53. The van der Waals surface area contributed by atoms with Crippen LogP contribution in [0, 0.1) is 11.8 Å².